The number of rotatable bonds is 6. The van der Waals surface area contributed by atoms with Crippen molar-refractivity contribution >= 4 is 33.8 Å². The molecule has 0 saturated carbocycles. The summed E-state index contributed by atoms with van der Waals surface area (Å²) >= 11 is 1.78. The lowest BCUT2D eigenvalue weighted by molar-refractivity contribution is -0.132. The fourth-order valence-electron chi connectivity index (χ4n) is 4.76. The minimum Gasteiger partial charge on any atom is -0.504 e. The van der Waals surface area contributed by atoms with Gasteiger partial charge < -0.3 is 25.3 Å². The summed E-state index contributed by atoms with van der Waals surface area (Å²) in [4.78, 5) is 33.1. The first kappa shape index (κ1) is 24.1. The van der Waals surface area contributed by atoms with Crippen molar-refractivity contribution in [3.05, 3.63) is 60.7 Å². The highest BCUT2D eigenvalue weighted by Gasteiger charge is 2.31. The molecular formula is C27H30N4O4S. The number of aromatic hydroxyl groups is 2. The highest BCUT2D eigenvalue weighted by atomic mass is 32.1. The lowest BCUT2D eigenvalue weighted by Gasteiger charge is -2.36. The Morgan fingerprint density at radius 2 is 1.69 bits per heavy atom. The molecule has 2 amide bonds. The molecule has 36 heavy (non-hydrogen) atoms. The average Bonchev–Trinajstić information content (AvgIpc) is 3.57. The minimum atomic E-state index is -0.276. The predicted octanol–water partition coefficient (Wildman–Crippen LogP) is 3.44. The van der Waals surface area contributed by atoms with Crippen molar-refractivity contribution in [1.29, 1.82) is 0 Å². The average molecular weight is 507 g/mol. The van der Waals surface area contributed by atoms with Gasteiger partial charge in [0, 0.05) is 49.4 Å². The molecule has 3 aromatic rings. The number of nitrogens with zero attached hydrogens (tertiary/aromatic N) is 3. The molecular weight excluding hydrogens is 476 g/mol. The zero-order valence-corrected chi connectivity index (χ0v) is 20.8. The molecule has 0 aliphatic carbocycles. The van der Waals surface area contributed by atoms with Crippen molar-refractivity contribution in [2.24, 2.45) is 5.92 Å². The van der Waals surface area contributed by atoms with Crippen LogP contribution in [0.5, 0.6) is 11.5 Å². The lowest BCUT2D eigenvalue weighted by atomic mass is 10.1. The Hall–Kier alpha value is -3.56. The van der Waals surface area contributed by atoms with Gasteiger partial charge in [0.05, 0.1) is 17.5 Å². The Morgan fingerprint density at radius 3 is 2.44 bits per heavy atom. The summed E-state index contributed by atoms with van der Waals surface area (Å²) in [5, 5.41) is 23.1. The summed E-state index contributed by atoms with van der Waals surface area (Å²) in [6.07, 6.45) is 0.680. The number of carbonyl (C=O) groups excluding carboxylic acids is 2. The van der Waals surface area contributed by atoms with Gasteiger partial charge in [-0.1, -0.05) is 30.3 Å². The van der Waals surface area contributed by atoms with Crippen LogP contribution in [0.4, 0.5) is 10.7 Å². The summed E-state index contributed by atoms with van der Waals surface area (Å²) in [5.41, 5.74) is 1.66. The van der Waals surface area contributed by atoms with Crippen LogP contribution in [0.3, 0.4) is 0 Å². The van der Waals surface area contributed by atoms with E-state index in [4.69, 9.17) is 0 Å². The smallest absolute Gasteiger partial charge is 0.236 e. The van der Waals surface area contributed by atoms with Crippen molar-refractivity contribution in [3.8, 4) is 21.9 Å². The zero-order chi connectivity index (χ0) is 25.1. The van der Waals surface area contributed by atoms with E-state index >= 15 is 0 Å². The number of nitrogens with one attached hydrogen (secondary N) is 1. The summed E-state index contributed by atoms with van der Waals surface area (Å²) in [7, 11) is 0. The SMILES string of the molecule is O=C(Nc1ccc(O)c(O)c1)[C@@H]1CCN(CC(=O)N2CCN(c3ccc(-c4ccccc4)s3)CC2)C1. The lowest BCUT2D eigenvalue weighted by Crippen LogP contribution is -2.51. The summed E-state index contributed by atoms with van der Waals surface area (Å²) in [6, 6.07) is 18.9. The quantitative estimate of drug-likeness (QED) is 0.350. The molecule has 3 N–H and O–H groups in total. The van der Waals surface area contributed by atoms with Gasteiger partial charge >= 0.3 is 0 Å². The second kappa shape index (κ2) is 10.6. The maximum atomic E-state index is 12.9. The number of hydrogen-bond donors (Lipinski definition) is 3. The van der Waals surface area contributed by atoms with Crippen molar-refractivity contribution in [2.45, 2.75) is 6.42 Å². The second-order valence-electron chi connectivity index (χ2n) is 9.29. The highest BCUT2D eigenvalue weighted by Crippen LogP contribution is 2.34. The number of piperazine rings is 1. The fourth-order valence-corrected chi connectivity index (χ4v) is 5.82. The van der Waals surface area contributed by atoms with E-state index in [1.165, 1.54) is 27.6 Å². The first-order valence-electron chi connectivity index (χ1n) is 12.2. The molecule has 2 saturated heterocycles. The van der Waals surface area contributed by atoms with Crippen LogP contribution in [-0.4, -0.2) is 77.6 Å². The molecule has 188 valence electrons. The molecule has 2 aliphatic heterocycles. The van der Waals surface area contributed by atoms with E-state index in [2.05, 4.69) is 46.6 Å². The number of carbonyl (C=O) groups is 2. The topological polar surface area (TPSA) is 96.3 Å². The van der Waals surface area contributed by atoms with Crippen molar-refractivity contribution < 1.29 is 19.8 Å². The van der Waals surface area contributed by atoms with E-state index in [9.17, 15) is 19.8 Å². The fraction of sp³-hybridized carbons (Fsp3) is 0.333. The Labute approximate surface area is 214 Å². The van der Waals surface area contributed by atoms with Gasteiger partial charge in [0.2, 0.25) is 11.8 Å². The van der Waals surface area contributed by atoms with Gasteiger partial charge in [0.15, 0.2) is 11.5 Å². The third kappa shape index (κ3) is 5.47. The molecule has 9 heteroatoms. The molecule has 0 spiro atoms. The maximum absolute atomic E-state index is 12.9. The molecule has 2 aromatic carbocycles. The minimum absolute atomic E-state index is 0.107. The number of phenolic OH excluding ortho intramolecular Hbond substituents is 2. The molecule has 1 atom stereocenters. The van der Waals surface area contributed by atoms with E-state index in [1.54, 1.807) is 17.4 Å². The van der Waals surface area contributed by atoms with Crippen LogP contribution in [0.1, 0.15) is 6.42 Å². The van der Waals surface area contributed by atoms with Crippen LogP contribution in [0.2, 0.25) is 0 Å². The van der Waals surface area contributed by atoms with Crippen LogP contribution in [-0.2, 0) is 9.59 Å². The van der Waals surface area contributed by atoms with Gasteiger partial charge in [-0.25, -0.2) is 0 Å². The van der Waals surface area contributed by atoms with Gasteiger partial charge in [-0.15, -0.1) is 11.3 Å². The number of phenols is 2. The number of hydrogen-bond acceptors (Lipinski definition) is 7. The Morgan fingerprint density at radius 1 is 0.917 bits per heavy atom. The van der Waals surface area contributed by atoms with Crippen LogP contribution in [0, 0.1) is 5.92 Å². The van der Waals surface area contributed by atoms with Gasteiger partial charge in [0.1, 0.15) is 0 Å². The molecule has 0 unspecified atom stereocenters. The summed E-state index contributed by atoms with van der Waals surface area (Å²) < 4.78 is 0. The van der Waals surface area contributed by atoms with E-state index in [0.29, 0.717) is 44.8 Å². The van der Waals surface area contributed by atoms with Gasteiger partial charge in [0.25, 0.3) is 0 Å². The number of amides is 2. The number of thiophene rings is 1. The first-order chi connectivity index (χ1) is 17.5. The molecule has 1 aromatic heterocycles. The van der Waals surface area contributed by atoms with Crippen molar-refractivity contribution in [2.75, 3.05) is 56.0 Å². The second-order valence-corrected chi connectivity index (χ2v) is 10.3. The molecule has 5 rings (SSSR count). The zero-order valence-electron chi connectivity index (χ0n) is 20.0. The third-order valence-corrected chi connectivity index (χ3v) is 8.03. The van der Waals surface area contributed by atoms with Crippen LogP contribution in [0.25, 0.3) is 10.4 Å². The van der Waals surface area contributed by atoms with Crippen molar-refractivity contribution in [1.82, 2.24) is 9.80 Å². The maximum Gasteiger partial charge on any atom is 0.236 e. The molecule has 2 fully saturated rings. The Balaban J connectivity index is 1.08. The molecule has 8 nitrogen and oxygen atoms in total. The van der Waals surface area contributed by atoms with E-state index in [1.807, 2.05) is 15.9 Å². The largest absolute Gasteiger partial charge is 0.504 e. The molecule has 0 bridgehead atoms. The highest BCUT2D eigenvalue weighted by molar-refractivity contribution is 7.19. The summed E-state index contributed by atoms with van der Waals surface area (Å²) in [6.45, 7) is 4.55. The van der Waals surface area contributed by atoms with Crippen LogP contribution >= 0.6 is 11.3 Å². The standard InChI is InChI=1S/C27H30N4O4S/c32-22-7-6-21(16-23(22)33)28-27(35)20-10-11-29(17-20)18-25(34)30-12-14-31(15-13-30)26-9-8-24(36-26)19-4-2-1-3-5-19/h1-9,16,20,32-33H,10-15,17-18H2,(H,28,35)/t20-/m1/s1. The molecule has 3 heterocycles. The summed E-state index contributed by atoms with van der Waals surface area (Å²) in [5.74, 6) is -0.762. The molecule has 0 radical (unpaired) electrons. The Kier molecular flexibility index (Phi) is 7.11. The van der Waals surface area contributed by atoms with E-state index in [-0.39, 0.29) is 29.2 Å². The monoisotopic (exact) mass is 506 g/mol. The first-order valence-corrected chi connectivity index (χ1v) is 13.0. The molecule has 2 aliphatic rings. The van der Waals surface area contributed by atoms with E-state index in [0.717, 1.165) is 13.1 Å². The normalized spacial score (nSPS) is 18.4. The van der Waals surface area contributed by atoms with Crippen LogP contribution < -0.4 is 10.2 Å². The van der Waals surface area contributed by atoms with Crippen LogP contribution in [0.15, 0.2) is 60.7 Å². The number of anilines is 2. The van der Waals surface area contributed by atoms with E-state index < -0.39 is 0 Å². The third-order valence-electron chi connectivity index (χ3n) is 6.84. The Bertz CT molecular complexity index is 1220. The van der Waals surface area contributed by atoms with Gasteiger partial charge in [-0.2, -0.15) is 0 Å². The predicted molar refractivity (Wildman–Crippen MR) is 141 cm³/mol. The van der Waals surface area contributed by atoms with Crippen molar-refractivity contribution in [3.63, 3.8) is 0 Å². The number of benzene rings is 2. The number of likely N-dealkylation sites (tertiary alicyclic amines) is 1. The van der Waals surface area contributed by atoms with Gasteiger partial charge in [-0.05, 0) is 42.8 Å². The van der Waals surface area contributed by atoms with Gasteiger partial charge in [-0.3, -0.25) is 14.5 Å².